The summed E-state index contributed by atoms with van der Waals surface area (Å²) in [7, 11) is 3.89. The monoisotopic (exact) mass is 208 g/mol. The van der Waals surface area contributed by atoms with E-state index >= 15 is 0 Å². The van der Waals surface area contributed by atoms with Gasteiger partial charge in [0.1, 0.15) is 5.69 Å². The Morgan fingerprint density at radius 3 is 2.47 bits per heavy atom. The van der Waals surface area contributed by atoms with Gasteiger partial charge in [-0.2, -0.15) is 5.10 Å². The maximum atomic E-state index is 12.0. The molecule has 0 N–H and O–H groups in total. The lowest BCUT2D eigenvalue weighted by molar-refractivity contribution is 0.0657. The third kappa shape index (κ3) is 2.18. The number of aryl methyl sites for hydroxylation is 1. The lowest BCUT2D eigenvalue weighted by Crippen LogP contribution is -2.47. The Morgan fingerprint density at radius 2 is 1.93 bits per heavy atom. The molecular weight excluding hydrogens is 192 g/mol. The first-order valence-corrected chi connectivity index (χ1v) is 5.14. The van der Waals surface area contributed by atoms with Crippen molar-refractivity contribution in [2.24, 2.45) is 7.05 Å². The third-order valence-corrected chi connectivity index (χ3v) is 2.72. The maximum absolute atomic E-state index is 12.0. The molecule has 0 unspecified atom stereocenters. The summed E-state index contributed by atoms with van der Waals surface area (Å²) < 4.78 is 1.66. The largest absolute Gasteiger partial charge is 0.335 e. The molecule has 82 valence electrons. The van der Waals surface area contributed by atoms with Crippen molar-refractivity contribution >= 4 is 5.91 Å². The van der Waals surface area contributed by atoms with Crippen LogP contribution in [0.25, 0.3) is 0 Å². The molecule has 1 saturated heterocycles. The second-order valence-corrected chi connectivity index (χ2v) is 3.97. The van der Waals surface area contributed by atoms with Crippen molar-refractivity contribution in [2.75, 3.05) is 33.2 Å². The van der Waals surface area contributed by atoms with E-state index in [0.717, 1.165) is 26.2 Å². The molecule has 15 heavy (non-hydrogen) atoms. The predicted octanol–water partition coefficient (Wildman–Crippen LogP) is -0.192. The van der Waals surface area contributed by atoms with Gasteiger partial charge in [0.25, 0.3) is 5.91 Å². The van der Waals surface area contributed by atoms with Crippen LogP contribution in [0.4, 0.5) is 0 Å². The van der Waals surface area contributed by atoms with Crippen LogP contribution in [0.15, 0.2) is 12.3 Å². The fourth-order valence-electron chi connectivity index (χ4n) is 1.70. The van der Waals surface area contributed by atoms with Gasteiger partial charge in [0.2, 0.25) is 0 Å². The summed E-state index contributed by atoms with van der Waals surface area (Å²) in [5.74, 6) is 0.0451. The van der Waals surface area contributed by atoms with Crippen molar-refractivity contribution in [1.82, 2.24) is 19.6 Å². The molecule has 0 atom stereocenters. The molecule has 5 nitrogen and oxygen atoms in total. The van der Waals surface area contributed by atoms with Crippen molar-refractivity contribution in [3.63, 3.8) is 0 Å². The number of aromatic nitrogens is 2. The Morgan fingerprint density at radius 1 is 1.27 bits per heavy atom. The summed E-state index contributed by atoms with van der Waals surface area (Å²) in [5.41, 5.74) is 0.544. The molecule has 1 aliphatic rings. The molecule has 1 aromatic rings. The minimum absolute atomic E-state index is 0.0451. The van der Waals surface area contributed by atoms with E-state index in [-0.39, 0.29) is 5.91 Å². The van der Waals surface area contributed by atoms with E-state index in [1.807, 2.05) is 11.9 Å². The summed E-state index contributed by atoms with van der Waals surface area (Å²) in [6, 6.07) is 1.76. The first-order chi connectivity index (χ1) is 7.16. The average Bonchev–Trinajstić information content (AvgIpc) is 2.65. The number of carbonyl (C=O) groups is 1. The summed E-state index contributed by atoms with van der Waals surface area (Å²) in [6.45, 7) is 3.48. The van der Waals surface area contributed by atoms with E-state index in [4.69, 9.17) is 0 Å². The molecule has 0 radical (unpaired) electrons. The lowest BCUT2D eigenvalue weighted by atomic mass is 10.3. The van der Waals surface area contributed by atoms with Crippen LogP contribution >= 0.6 is 0 Å². The van der Waals surface area contributed by atoms with Crippen LogP contribution < -0.4 is 0 Å². The highest BCUT2D eigenvalue weighted by atomic mass is 16.2. The summed E-state index contributed by atoms with van der Waals surface area (Å²) in [4.78, 5) is 16.0. The number of nitrogens with zero attached hydrogens (tertiary/aromatic N) is 4. The highest BCUT2D eigenvalue weighted by Crippen LogP contribution is 2.05. The average molecular weight is 208 g/mol. The first-order valence-electron chi connectivity index (χ1n) is 5.14. The second kappa shape index (κ2) is 4.02. The number of likely N-dealkylation sites (N-methyl/N-ethyl adjacent to an activating group) is 1. The maximum Gasteiger partial charge on any atom is 0.274 e. The zero-order valence-corrected chi connectivity index (χ0v) is 9.18. The van der Waals surface area contributed by atoms with Gasteiger partial charge in [0.15, 0.2) is 0 Å². The fourth-order valence-corrected chi connectivity index (χ4v) is 1.70. The molecule has 0 aromatic carbocycles. The number of rotatable bonds is 1. The van der Waals surface area contributed by atoms with E-state index in [0.29, 0.717) is 5.69 Å². The van der Waals surface area contributed by atoms with Crippen LogP contribution in [0.2, 0.25) is 0 Å². The molecule has 1 aliphatic heterocycles. The molecule has 1 aromatic heterocycles. The number of hydrogen-bond donors (Lipinski definition) is 0. The van der Waals surface area contributed by atoms with Gasteiger partial charge >= 0.3 is 0 Å². The Bertz CT molecular complexity index is 352. The second-order valence-electron chi connectivity index (χ2n) is 3.97. The highest BCUT2D eigenvalue weighted by molar-refractivity contribution is 5.92. The van der Waals surface area contributed by atoms with Crippen LogP contribution in [0.5, 0.6) is 0 Å². The molecule has 0 bridgehead atoms. The van der Waals surface area contributed by atoms with Gasteiger partial charge in [-0.05, 0) is 13.1 Å². The van der Waals surface area contributed by atoms with Crippen LogP contribution in [0.3, 0.4) is 0 Å². The van der Waals surface area contributed by atoms with Crippen molar-refractivity contribution in [1.29, 1.82) is 0 Å². The van der Waals surface area contributed by atoms with E-state index in [1.54, 1.807) is 16.9 Å². The minimum Gasteiger partial charge on any atom is -0.335 e. The van der Waals surface area contributed by atoms with E-state index < -0.39 is 0 Å². The summed E-state index contributed by atoms with van der Waals surface area (Å²) in [5, 5.41) is 4.12. The van der Waals surface area contributed by atoms with Crippen LogP contribution in [-0.2, 0) is 7.05 Å². The van der Waals surface area contributed by atoms with Gasteiger partial charge in [-0.25, -0.2) is 0 Å². The summed E-state index contributed by atoms with van der Waals surface area (Å²) in [6.07, 6.45) is 1.79. The van der Waals surface area contributed by atoms with Gasteiger partial charge < -0.3 is 9.80 Å². The summed E-state index contributed by atoms with van der Waals surface area (Å²) >= 11 is 0. The predicted molar refractivity (Wildman–Crippen MR) is 56.6 cm³/mol. The van der Waals surface area contributed by atoms with Gasteiger partial charge in [0, 0.05) is 39.4 Å². The topological polar surface area (TPSA) is 41.4 Å². The van der Waals surface area contributed by atoms with Crippen LogP contribution in [-0.4, -0.2) is 58.7 Å². The smallest absolute Gasteiger partial charge is 0.274 e. The molecule has 1 amide bonds. The van der Waals surface area contributed by atoms with Crippen molar-refractivity contribution in [3.8, 4) is 0 Å². The molecule has 0 saturated carbocycles. The number of hydrogen-bond acceptors (Lipinski definition) is 3. The minimum atomic E-state index is 0.0451. The van der Waals surface area contributed by atoms with Gasteiger partial charge in [-0.15, -0.1) is 0 Å². The number of amides is 1. The molecule has 0 aliphatic carbocycles. The van der Waals surface area contributed by atoms with Gasteiger partial charge in [-0.3, -0.25) is 9.48 Å². The van der Waals surface area contributed by atoms with E-state index in [2.05, 4.69) is 17.0 Å². The van der Waals surface area contributed by atoms with Gasteiger partial charge in [-0.1, -0.05) is 0 Å². The quantitative estimate of drug-likeness (QED) is 0.642. The number of piperazine rings is 1. The lowest BCUT2D eigenvalue weighted by Gasteiger charge is -2.31. The zero-order valence-electron chi connectivity index (χ0n) is 9.18. The Kier molecular flexibility index (Phi) is 2.73. The fraction of sp³-hybridized carbons (Fsp3) is 0.600. The van der Waals surface area contributed by atoms with E-state index in [1.165, 1.54) is 0 Å². The molecular formula is C10H16N4O. The Hall–Kier alpha value is -1.36. The first kappa shape index (κ1) is 10.2. The number of carbonyl (C=O) groups excluding carboxylic acids is 1. The third-order valence-electron chi connectivity index (χ3n) is 2.72. The van der Waals surface area contributed by atoms with Crippen molar-refractivity contribution < 1.29 is 4.79 Å². The Balaban J connectivity index is 2.02. The van der Waals surface area contributed by atoms with E-state index in [9.17, 15) is 4.79 Å². The molecule has 1 fully saturated rings. The Labute approximate surface area is 89.3 Å². The van der Waals surface area contributed by atoms with Crippen LogP contribution in [0, 0.1) is 0 Å². The highest BCUT2D eigenvalue weighted by Gasteiger charge is 2.21. The van der Waals surface area contributed by atoms with Crippen molar-refractivity contribution in [2.45, 2.75) is 0 Å². The molecule has 2 heterocycles. The molecule has 5 heteroatoms. The molecule has 2 rings (SSSR count). The standard InChI is InChI=1S/C10H16N4O/c1-12-5-7-14(8-6-12)10(15)9-3-4-13(2)11-9/h3-4H,5-8H2,1-2H3. The van der Waals surface area contributed by atoms with Crippen molar-refractivity contribution in [3.05, 3.63) is 18.0 Å². The zero-order chi connectivity index (χ0) is 10.8. The normalized spacial score (nSPS) is 18.1. The molecule has 0 spiro atoms. The SMILES string of the molecule is CN1CCN(C(=O)c2ccn(C)n2)CC1. The van der Waals surface area contributed by atoms with Gasteiger partial charge in [0.05, 0.1) is 0 Å². The van der Waals surface area contributed by atoms with Crippen LogP contribution in [0.1, 0.15) is 10.5 Å².